The standard InChI is InChI=1S/C32H38F2/c1-2-3-8-22-32(34)23-9-7-12-31(32)30(21-24-33)29-19-17-28(18-20-29)27-15-13-26(14-16-27)25-10-5-4-6-11-25/h4-6,10-11,13-20,30-31H,2-3,7-9,12,21-24H2,1H3. The van der Waals surface area contributed by atoms with Gasteiger partial charge < -0.3 is 0 Å². The molecule has 1 aliphatic carbocycles. The van der Waals surface area contributed by atoms with E-state index in [2.05, 4.69) is 79.7 Å². The van der Waals surface area contributed by atoms with Gasteiger partial charge in [-0.2, -0.15) is 0 Å². The van der Waals surface area contributed by atoms with Gasteiger partial charge in [0.05, 0.1) is 6.67 Å². The molecule has 3 aromatic rings. The molecule has 0 N–H and O–H groups in total. The summed E-state index contributed by atoms with van der Waals surface area (Å²) in [7, 11) is 0. The van der Waals surface area contributed by atoms with Crippen LogP contribution in [0.2, 0.25) is 0 Å². The van der Waals surface area contributed by atoms with Crippen LogP contribution in [0.1, 0.15) is 76.2 Å². The third kappa shape index (κ3) is 5.77. The Hall–Kier alpha value is -2.48. The van der Waals surface area contributed by atoms with Crippen molar-refractivity contribution in [3.63, 3.8) is 0 Å². The highest BCUT2D eigenvalue weighted by Crippen LogP contribution is 2.49. The van der Waals surface area contributed by atoms with Gasteiger partial charge in [0.25, 0.3) is 0 Å². The maximum Gasteiger partial charge on any atom is 0.114 e. The lowest BCUT2D eigenvalue weighted by molar-refractivity contribution is 0.00922. The van der Waals surface area contributed by atoms with Crippen molar-refractivity contribution < 1.29 is 8.78 Å². The molecule has 0 radical (unpaired) electrons. The molecule has 3 aromatic carbocycles. The summed E-state index contributed by atoms with van der Waals surface area (Å²) in [5, 5.41) is 0. The Labute approximate surface area is 204 Å². The van der Waals surface area contributed by atoms with Crippen molar-refractivity contribution in [1.82, 2.24) is 0 Å². The van der Waals surface area contributed by atoms with Crippen molar-refractivity contribution >= 4 is 0 Å². The highest BCUT2D eigenvalue weighted by molar-refractivity contribution is 5.70. The van der Waals surface area contributed by atoms with Crippen molar-refractivity contribution in [2.45, 2.75) is 76.3 Å². The Morgan fingerprint density at radius 2 is 1.38 bits per heavy atom. The molecule has 0 aromatic heterocycles. The van der Waals surface area contributed by atoms with Crippen LogP contribution in [-0.2, 0) is 0 Å². The molecule has 0 heterocycles. The minimum Gasteiger partial charge on any atom is -0.251 e. The quantitative estimate of drug-likeness (QED) is 0.264. The molecule has 34 heavy (non-hydrogen) atoms. The fraction of sp³-hybridized carbons (Fsp3) is 0.438. The molecular weight excluding hydrogens is 422 g/mol. The van der Waals surface area contributed by atoms with Crippen LogP contribution in [-0.4, -0.2) is 12.3 Å². The Balaban J connectivity index is 1.53. The Morgan fingerprint density at radius 3 is 1.97 bits per heavy atom. The van der Waals surface area contributed by atoms with Gasteiger partial charge in [0.15, 0.2) is 0 Å². The molecule has 0 amide bonds. The topological polar surface area (TPSA) is 0 Å². The van der Waals surface area contributed by atoms with E-state index in [1.165, 1.54) is 11.1 Å². The molecule has 1 aliphatic rings. The zero-order valence-electron chi connectivity index (χ0n) is 20.5. The molecule has 2 heteroatoms. The first-order valence-corrected chi connectivity index (χ1v) is 13.2. The van der Waals surface area contributed by atoms with Gasteiger partial charge in [-0.05, 0) is 65.3 Å². The number of hydrogen-bond acceptors (Lipinski definition) is 0. The number of halogens is 2. The number of hydrogen-bond donors (Lipinski definition) is 0. The van der Waals surface area contributed by atoms with E-state index in [9.17, 15) is 4.39 Å². The predicted octanol–water partition coefficient (Wildman–Crippen LogP) is 9.94. The predicted molar refractivity (Wildman–Crippen MR) is 141 cm³/mol. The molecule has 1 saturated carbocycles. The Bertz CT molecular complexity index is 993. The number of alkyl halides is 2. The number of rotatable bonds is 10. The van der Waals surface area contributed by atoms with Gasteiger partial charge in [0.1, 0.15) is 5.67 Å². The van der Waals surface area contributed by atoms with E-state index >= 15 is 4.39 Å². The fourth-order valence-corrected chi connectivity index (χ4v) is 5.89. The van der Waals surface area contributed by atoms with Crippen molar-refractivity contribution in [3.8, 4) is 22.3 Å². The van der Waals surface area contributed by atoms with E-state index in [1.54, 1.807) is 0 Å². The summed E-state index contributed by atoms with van der Waals surface area (Å²) in [6, 6.07) is 27.5. The van der Waals surface area contributed by atoms with Crippen LogP contribution in [0.25, 0.3) is 22.3 Å². The lowest BCUT2D eigenvalue weighted by atomic mass is 9.66. The highest BCUT2D eigenvalue weighted by Gasteiger charge is 2.44. The molecule has 4 rings (SSSR count). The minimum atomic E-state index is -1.15. The summed E-state index contributed by atoms with van der Waals surface area (Å²) < 4.78 is 29.9. The average molecular weight is 461 g/mol. The van der Waals surface area contributed by atoms with Crippen molar-refractivity contribution in [2.75, 3.05) is 6.67 Å². The zero-order valence-corrected chi connectivity index (χ0v) is 20.5. The van der Waals surface area contributed by atoms with Gasteiger partial charge in [-0.1, -0.05) is 118 Å². The third-order valence-electron chi connectivity index (χ3n) is 7.79. The van der Waals surface area contributed by atoms with Gasteiger partial charge >= 0.3 is 0 Å². The summed E-state index contributed by atoms with van der Waals surface area (Å²) in [4.78, 5) is 0. The van der Waals surface area contributed by atoms with Crippen LogP contribution in [0.5, 0.6) is 0 Å². The lowest BCUT2D eigenvalue weighted by Crippen LogP contribution is -2.40. The molecule has 3 unspecified atom stereocenters. The molecular formula is C32H38F2. The summed E-state index contributed by atoms with van der Waals surface area (Å²) in [6.45, 7) is 1.76. The summed E-state index contributed by atoms with van der Waals surface area (Å²) >= 11 is 0. The van der Waals surface area contributed by atoms with E-state index in [0.717, 1.165) is 55.2 Å². The van der Waals surface area contributed by atoms with Crippen molar-refractivity contribution in [3.05, 3.63) is 84.4 Å². The molecule has 0 aliphatic heterocycles. The molecule has 0 saturated heterocycles. The van der Waals surface area contributed by atoms with Crippen LogP contribution in [0, 0.1) is 5.92 Å². The first-order valence-electron chi connectivity index (χ1n) is 13.2. The maximum absolute atomic E-state index is 16.2. The summed E-state index contributed by atoms with van der Waals surface area (Å²) in [5.74, 6) is -0.128. The van der Waals surface area contributed by atoms with Crippen LogP contribution in [0.15, 0.2) is 78.9 Å². The lowest BCUT2D eigenvalue weighted by Gasteiger charge is -2.42. The second-order valence-electron chi connectivity index (χ2n) is 9.99. The van der Waals surface area contributed by atoms with E-state index in [0.29, 0.717) is 19.3 Å². The molecule has 3 atom stereocenters. The SMILES string of the molecule is CCCCCC1(F)CCCCC1C(CCF)c1ccc(-c2ccc(-c3ccccc3)cc2)cc1. The second-order valence-corrected chi connectivity index (χ2v) is 9.99. The zero-order chi connectivity index (χ0) is 23.8. The summed E-state index contributed by atoms with van der Waals surface area (Å²) in [5.41, 5.74) is 4.64. The molecule has 0 nitrogen and oxygen atoms in total. The van der Waals surface area contributed by atoms with Gasteiger partial charge in [0, 0.05) is 0 Å². The second kappa shape index (κ2) is 11.8. The van der Waals surface area contributed by atoms with Crippen molar-refractivity contribution in [1.29, 1.82) is 0 Å². The first-order chi connectivity index (χ1) is 16.6. The van der Waals surface area contributed by atoms with Crippen LogP contribution in [0.4, 0.5) is 8.78 Å². The van der Waals surface area contributed by atoms with Crippen LogP contribution in [0.3, 0.4) is 0 Å². The number of benzene rings is 3. The van der Waals surface area contributed by atoms with Gasteiger partial charge in [0.2, 0.25) is 0 Å². The van der Waals surface area contributed by atoms with Gasteiger partial charge in [-0.25, -0.2) is 4.39 Å². The first kappa shape index (κ1) is 24.6. The fourth-order valence-electron chi connectivity index (χ4n) is 5.89. The normalized spacial score (nSPS) is 21.3. The van der Waals surface area contributed by atoms with Crippen molar-refractivity contribution in [2.24, 2.45) is 5.92 Å². The largest absolute Gasteiger partial charge is 0.251 e. The molecule has 0 bridgehead atoms. The van der Waals surface area contributed by atoms with E-state index in [4.69, 9.17) is 0 Å². The minimum absolute atomic E-state index is 0.0496. The monoisotopic (exact) mass is 460 g/mol. The van der Waals surface area contributed by atoms with Crippen LogP contribution >= 0.6 is 0 Å². The Kier molecular flexibility index (Phi) is 8.53. The van der Waals surface area contributed by atoms with Crippen LogP contribution < -0.4 is 0 Å². The van der Waals surface area contributed by atoms with E-state index in [-0.39, 0.29) is 11.8 Å². The smallest absolute Gasteiger partial charge is 0.114 e. The maximum atomic E-state index is 16.2. The average Bonchev–Trinajstić information content (AvgIpc) is 2.89. The molecule has 0 spiro atoms. The summed E-state index contributed by atoms with van der Waals surface area (Å²) in [6.07, 6.45) is 7.66. The van der Waals surface area contributed by atoms with E-state index < -0.39 is 12.3 Å². The number of unbranched alkanes of at least 4 members (excludes halogenated alkanes) is 2. The molecule has 1 fully saturated rings. The third-order valence-corrected chi connectivity index (χ3v) is 7.79. The van der Waals surface area contributed by atoms with Gasteiger partial charge in [-0.15, -0.1) is 0 Å². The highest BCUT2D eigenvalue weighted by atomic mass is 19.1. The van der Waals surface area contributed by atoms with Gasteiger partial charge in [-0.3, -0.25) is 4.39 Å². The Morgan fingerprint density at radius 1 is 0.794 bits per heavy atom. The molecule has 180 valence electrons. The van der Waals surface area contributed by atoms with E-state index in [1.807, 2.05) is 6.07 Å².